The van der Waals surface area contributed by atoms with E-state index in [1.54, 1.807) is 6.08 Å². The topological polar surface area (TPSA) is 0 Å². The van der Waals surface area contributed by atoms with Crippen LogP contribution in [0.3, 0.4) is 0 Å². The minimum absolute atomic E-state index is 0.00519. The molecule has 2 aromatic carbocycles. The van der Waals surface area contributed by atoms with Crippen LogP contribution < -0.4 is 0 Å². The van der Waals surface area contributed by atoms with Gasteiger partial charge in [-0.05, 0) is 81.2 Å². The number of aryl methyl sites for hydroxylation is 1. The first-order valence-electron chi connectivity index (χ1n) is 11.3. The fourth-order valence-corrected chi connectivity index (χ4v) is 4.55. The third-order valence-electron chi connectivity index (χ3n) is 6.45. The number of fused-ring (bicyclic) bond motifs is 1. The number of hydrogen-bond acceptors (Lipinski definition) is 0. The van der Waals surface area contributed by atoms with Crippen molar-refractivity contribution in [3.8, 4) is 0 Å². The molecule has 0 nitrogen and oxygen atoms in total. The molecule has 1 aliphatic carbocycles. The van der Waals surface area contributed by atoms with Gasteiger partial charge in [-0.25, -0.2) is 22.0 Å². The molecule has 1 saturated carbocycles. The van der Waals surface area contributed by atoms with Gasteiger partial charge in [0.1, 0.15) is 11.6 Å². The van der Waals surface area contributed by atoms with E-state index in [9.17, 15) is 22.0 Å². The van der Waals surface area contributed by atoms with Crippen LogP contribution in [0.15, 0.2) is 48.8 Å². The van der Waals surface area contributed by atoms with Gasteiger partial charge in [0, 0.05) is 5.92 Å². The Morgan fingerprint density at radius 2 is 1.72 bits per heavy atom. The number of benzene rings is 2. The van der Waals surface area contributed by atoms with Crippen molar-refractivity contribution in [1.29, 1.82) is 0 Å². The highest BCUT2D eigenvalue weighted by Crippen LogP contribution is 2.40. The van der Waals surface area contributed by atoms with Gasteiger partial charge in [-0.2, -0.15) is 0 Å². The molecule has 0 spiro atoms. The zero-order chi connectivity index (χ0) is 23.3. The van der Waals surface area contributed by atoms with E-state index in [0.29, 0.717) is 25.2 Å². The Labute approximate surface area is 186 Å². The van der Waals surface area contributed by atoms with Crippen LogP contribution in [0.25, 0.3) is 16.6 Å². The number of hydrogen-bond donors (Lipinski definition) is 0. The summed E-state index contributed by atoms with van der Waals surface area (Å²) in [7, 11) is 0. The van der Waals surface area contributed by atoms with Gasteiger partial charge >= 0.3 is 0 Å². The maximum absolute atomic E-state index is 15.0. The quantitative estimate of drug-likeness (QED) is 0.279. The number of allylic oxidation sites excluding steroid dienone is 4. The molecule has 0 aliphatic heterocycles. The molecular weight excluding hydrogens is 419 g/mol. The third-order valence-corrected chi connectivity index (χ3v) is 6.45. The Morgan fingerprint density at radius 1 is 1.00 bits per heavy atom. The van der Waals surface area contributed by atoms with E-state index in [2.05, 4.69) is 12.7 Å². The van der Waals surface area contributed by atoms with Crippen LogP contribution in [0.4, 0.5) is 22.0 Å². The lowest BCUT2D eigenvalue weighted by molar-refractivity contribution is 0.263. The van der Waals surface area contributed by atoms with Gasteiger partial charge < -0.3 is 0 Å². The van der Waals surface area contributed by atoms with Crippen LogP contribution in [-0.4, -0.2) is 0 Å². The Hall–Kier alpha value is -2.43. The third kappa shape index (κ3) is 5.13. The maximum atomic E-state index is 15.0. The first kappa shape index (κ1) is 24.2. The molecule has 0 heterocycles. The maximum Gasteiger partial charge on any atom is 0.170 e. The van der Waals surface area contributed by atoms with Crippen molar-refractivity contribution in [3.63, 3.8) is 0 Å². The summed E-state index contributed by atoms with van der Waals surface area (Å²) in [4.78, 5) is 0. The summed E-state index contributed by atoms with van der Waals surface area (Å²) < 4.78 is 74.1. The molecule has 0 bridgehead atoms. The summed E-state index contributed by atoms with van der Waals surface area (Å²) >= 11 is 0. The van der Waals surface area contributed by atoms with Crippen LogP contribution in [0.5, 0.6) is 0 Å². The molecule has 0 saturated heterocycles. The van der Waals surface area contributed by atoms with Crippen molar-refractivity contribution in [1.82, 2.24) is 0 Å². The summed E-state index contributed by atoms with van der Waals surface area (Å²) in [5.74, 6) is -6.56. The zero-order valence-corrected chi connectivity index (χ0v) is 18.4. The molecule has 3 rings (SSSR count). The van der Waals surface area contributed by atoms with Crippen molar-refractivity contribution < 1.29 is 22.0 Å². The molecule has 0 N–H and O–H groups in total. The highest BCUT2D eigenvalue weighted by Gasteiger charge is 2.29. The zero-order valence-electron chi connectivity index (χ0n) is 18.4. The average Bonchev–Trinajstić information content (AvgIpc) is 2.80. The van der Waals surface area contributed by atoms with Gasteiger partial charge in [0.25, 0.3) is 0 Å². The second-order valence-corrected chi connectivity index (χ2v) is 8.54. The second kappa shape index (κ2) is 10.9. The Balaban J connectivity index is 1.87. The van der Waals surface area contributed by atoms with E-state index < -0.39 is 46.0 Å². The Kier molecular flexibility index (Phi) is 8.27. The van der Waals surface area contributed by atoms with Crippen molar-refractivity contribution in [2.45, 2.75) is 58.3 Å². The van der Waals surface area contributed by atoms with Gasteiger partial charge in [-0.1, -0.05) is 30.4 Å². The van der Waals surface area contributed by atoms with E-state index in [4.69, 9.17) is 0 Å². The minimum Gasteiger partial charge on any atom is -0.208 e. The van der Waals surface area contributed by atoms with Crippen molar-refractivity contribution >= 4 is 16.6 Å². The van der Waals surface area contributed by atoms with E-state index in [0.717, 1.165) is 31.7 Å². The fraction of sp³-hybridized carbons (Fsp3) is 0.407. The Morgan fingerprint density at radius 3 is 2.38 bits per heavy atom. The highest BCUT2D eigenvalue weighted by molar-refractivity contribution is 5.88. The predicted molar refractivity (Wildman–Crippen MR) is 121 cm³/mol. The van der Waals surface area contributed by atoms with E-state index >= 15 is 0 Å². The first-order chi connectivity index (χ1) is 15.4. The second-order valence-electron chi connectivity index (χ2n) is 8.54. The average molecular weight is 449 g/mol. The lowest BCUT2D eigenvalue weighted by Crippen LogP contribution is -2.15. The lowest BCUT2D eigenvalue weighted by Gasteiger charge is -2.27. The highest BCUT2D eigenvalue weighted by atomic mass is 19.2. The van der Waals surface area contributed by atoms with Gasteiger partial charge in [0.15, 0.2) is 17.5 Å². The molecule has 0 amide bonds. The number of rotatable bonds is 8. The summed E-state index contributed by atoms with van der Waals surface area (Å²) in [5, 5.41) is -0.544. The summed E-state index contributed by atoms with van der Waals surface area (Å²) in [6.07, 6.45) is 10.9. The van der Waals surface area contributed by atoms with E-state index in [1.165, 1.54) is 12.1 Å². The Bertz CT molecular complexity index is 1030. The van der Waals surface area contributed by atoms with Gasteiger partial charge in [-0.15, -0.1) is 6.58 Å². The van der Waals surface area contributed by atoms with E-state index in [-0.39, 0.29) is 17.4 Å². The molecule has 172 valence electrons. The number of halogens is 5. The first-order valence-corrected chi connectivity index (χ1v) is 11.3. The van der Waals surface area contributed by atoms with Crippen molar-refractivity contribution in [2.75, 3.05) is 0 Å². The van der Waals surface area contributed by atoms with Gasteiger partial charge in [0.05, 0.1) is 10.9 Å². The van der Waals surface area contributed by atoms with Gasteiger partial charge in [0.2, 0.25) is 0 Å². The largest absolute Gasteiger partial charge is 0.208 e. The predicted octanol–water partition coefficient (Wildman–Crippen LogP) is 9.15. The molecule has 0 radical (unpaired) electrons. The van der Waals surface area contributed by atoms with Gasteiger partial charge in [-0.3, -0.25) is 0 Å². The van der Waals surface area contributed by atoms with Crippen LogP contribution >= 0.6 is 0 Å². The standard InChI is InChI=1S/C27H29F5/c1-3-5-7-8-17-10-12-19(13-11-17)24(29)25(30)21-16-20-15-14-18(9-6-4-2)23(28)22(20)27(32)26(21)31/h3-5,14-17,19H,2,6-13H2,1H3/b5-3+,25-24?. The summed E-state index contributed by atoms with van der Waals surface area (Å²) in [5.41, 5.74) is -0.572. The molecule has 0 aromatic heterocycles. The summed E-state index contributed by atoms with van der Waals surface area (Å²) in [6, 6.07) is 3.85. The molecule has 2 aromatic rings. The van der Waals surface area contributed by atoms with Crippen LogP contribution in [0, 0.1) is 29.3 Å². The monoisotopic (exact) mass is 448 g/mol. The molecule has 1 aliphatic rings. The fourth-order valence-electron chi connectivity index (χ4n) is 4.55. The molecule has 0 unspecified atom stereocenters. The molecule has 1 fully saturated rings. The SMILES string of the molecule is C=CCCc1ccc2cc(C(F)=C(F)C3CCC(CC/C=C/C)CC3)c(F)c(F)c2c1F. The minimum atomic E-state index is -1.56. The smallest absolute Gasteiger partial charge is 0.170 e. The van der Waals surface area contributed by atoms with Crippen LogP contribution in [-0.2, 0) is 6.42 Å². The molecular formula is C27H29F5. The lowest BCUT2D eigenvalue weighted by atomic mass is 9.79. The molecule has 5 heteroatoms. The van der Waals surface area contributed by atoms with Crippen LogP contribution in [0.1, 0.15) is 63.0 Å². The van der Waals surface area contributed by atoms with Crippen LogP contribution in [0.2, 0.25) is 0 Å². The normalized spacial score (nSPS) is 20.1. The summed E-state index contributed by atoms with van der Waals surface area (Å²) in [6.45, 7) is 5.53. The molecule has 32 heavy (non-hydrogen) atoms. The molecule has 0 atom stereocenters. The van der Waals surface area contributed by atoms with Crippen molar-refractivity contribution in [2.24, 2.45) is 11.8 Å². The van der Waals surface area contributed by atoms with Crippen molar-refractivity contribution in [3.05, 3.63) is 77.4 Å². The van der Waals surface area contributed by atoms with E-state index in [1.807, 2.05) is 13.0 Å².